The minimum Gasteiger partial charge on any atom is -0.325 e. The largest absolute Gasteiger partial charge is 0.325 e. The van der Waals surface area contributed by atoms with Gasteiger partial charge in [0.15, 0.2) is 0 Å². The fourth-order valence-corrected chi connectivity index (χ4v) is 5.86. The number of rotatable bonds is 6. The Labute approximate surface area is 178 Å². The Hall–Kier alpha value is -1.67. The third kappa shape index (κ3) is 4.84. The molecule has 28 heavy (non-hydrogen) atoms. The molecule has 1 aromatic carbocycles. The number of nitrogens with one attached hydrogen (secondary N) is 1. The first-order chi connectivity index (χ1) is 13.7. The molecule has 1 saturated heterocycles. The Bertz CT molecular complexity index is 930. The minimum absolute atomic E-state index is 0.0161. The number of thioether (sulfide) groups is 1. The van der Waals surface area contributed by atoms with Crippen molar-refractivity contribution in [1.29, 1.82) is 0 Å². The number of nitrogens with zero attached hydrogens (tertiary/aromatic N) is 2. The summed E-state index contributed by atoms with van der Waals surface area (Å²) in [6.07, 6.45) is 0.300. The number of thiophene rings is 1. The number of hydrogen-bond acceptors (Lipinski definition) is 6. The van der Waals surface area contributed by atoms with Crippen molar-refractivity contribution in [3.05, 3.63) is 57.9 Å². The Morgan fingerprint density at radius 2 is 2.04 bits per heavy atom. The predicted octanol–water partition coefficient (Wildman–Crippen LogP) is 4.91. The summed E-state index contributed by atoms with van der Waals surface area (Å²) in [6.45, 7) is 5.32. The predicted molar refractivity (Wildman–Crippen MR) is 122 cm³/mol. The van der Waals surface area contributed by atoms with Gasteiger partial charge in [-0.15, -0.1) is 22.7 Å². The van der Waals surface area contributed by atoms with Crippen molar-refractivity contribution in [2.45, 2.75) is 19.9 Å². The third-order valence-electron chi connectivity index (χ3n) is 4.84. The summed E-state index contributed by atoms with van der Waals surface area (Å²) in [5.41, 5.74) is 4.18. The van der Waals surface area contributed by atoms with Crippen molar-refractivity contribution in [3.63, 3.8) is 0 Å². The lowest BCUT2D eigenvalue weighted by Crippen LogP contribution is -2.32. The van der Waals surface area contributed by atoms with E-state index >= 15 is 0 Å². The van der Waals surface area contributed by atoms with Gasteiger partial charge < -0.3 is 5.32 Å². The number of carbonyl (C=O) groups excluding carboxylic acids is 1. The van der Waals surface area contributed by atoms with E-state index in [1.165, 1.54) is 17.1 Å². The van der Waals surface area contributed by atoms with Crippen molar-refractivity contribution in [2.75, 3.05) is 29.9 Å². The monoisotopic (exact) mass is 429 g/mol. The van der Waals surface area contributed by atoms with Crippen molar-refractivity contribution < 1.29 is 4.79 Å². The van der Waals surface area contributed by atoms with E-state index in [4.69, 9.17) is 0 Å². The fourth-order valence-electron chi connectivity index (χ4n) is 3.25. The van der Waals surface area contributed by atoms with Gasteiger partial charge in [0.25, 0.3) is 0 Å². The van der Waals surface area contributed by atoms with Crippen LogP contribution in [0, 0.1) is 6.92 Å². The average molecular weight is 430 g/mol. The summed E-state index contributed by atoms with van der Waals surface area (Å²) in [5, 5.41) is 8.09. The van der Waals surface area contributed by atoms with E-state index in [1.54, 1.807) is 22.7 Å². The molecular formula is C21H23N3OS3. The zero-order valence-corrected chi connectivity index (χ0v) is 18.3. The molecular weight excluding hydrogens is 406 g/mol. The molecule has 1 aliphatic heterocycles. The van der Waals surface area contributed by atoms with Crippen molar-refractivity contribution in [2.24, 2.45) is 0 Å². The summed E-state index contributed by atoms with van der Waals surface area (Å²) in [7, 11) is 0. The maximum absolute atomic E-state index is 12.6. The molecule has 1 N–H and O–H groups in total. The van der Waals surface area contributed by atoms with Crippen LogP contribution in [0.15, 0.2) is 41.1 Å². The van der Waals surface area contributed by atoms with E-state index in [0.29, 0.717) is 6.42 Å². The SMILES string of the molecule is Cc1c(CN2CCSCC2)cccc1NC(=O)Cc1csc(-c2cccs2)n1. The molecule has 0 radical (unpaired) electrons. The Morgan fingerprint density at radius 1 is 1.18 bits per heavy atom. The number of hydrogen-bond donors (Lipinski definition) is 1. The molecule has 4 rings (SSSR count). The summed E-state index contributed by atoms with van der Waals surface area (Å²) >= 11 is 5.29. The van der Waals surface area contributed by atoms with Gasteiger partial charge in [-0.2, -0.15) is 11.8 Å². The molecule has 1 aliphatic rings. The van der Waals surface area contributed by atoms with Crippen LogP contribution in [-0.4, -0.2) is 40.4 Å². The standard InChI is InChI=1S/C21H23N3OS3/c1-15-16(13-24-7-10-26-11-8-24)4-2-5-18(15)23-20(25)12-17-14-28-21(22-17)19-6-3-9-27-19/h2-6,9,14H,7-8,10-13H2,1H3,(H,23,25). The second-order valence-corrected chi connectivity index (χ2v) is 9.86. The first-order valence-corrected chi connectivity index (χ1v) is 12.3. The summed E-state index contributed by atoms with van der Waals surface area (Å²) < 4.78 is 0. The Morgan fingerprint density at radius 3 is 2.82 bits per heavy atom. The zero-order valence-electron chi connectivity index (χ0n) is 15.8. The highest BCUT2D eigenvalue weighted by Gasteiger charge is 2.15. The van der Waals surface area contributed by atoms with Crippen LogP contribution in [0.2, 0.25) is 0 Å². The minimum atomic E-state index is -0.0161. The Kier molecular flexibility index (Phi) is 6.47. The molecule has 3 heterocycles. The van der Waals surface area contributed by atoms with Crippen LogP contribution in [0.1, 0.15) is 16.8 Å². The lowest BCUT2D eigenvalue weighted by Gasteiger charge is -2.27. The number of benzene rings is 1. The van der Waals surface area contributed by atoms with E-state index < -0.39 is 0 Å². The van der Waals surface area contributed by atoms with Crippen LogP contribution in [0.4, 0.5) is 5.69 Å². The number of carbonyl (C=O) groups is 1. The highest BCUT2D eigenvalue weighted by molar-refractivity contribution is 7.99. The average Bonchev–Trinajstić information content (AvgIpc) is 3.37. The molecule has 7 heteroatoms. The normalized spacial score (nSPS) is 14.9. The number of aromatic nitrogens is 1. The maximum Gasteiger partial charge on any atom is 0.230 e. The topological polar surface area (TPSA) is 45.2 Å². The molecule has 3 aromatic rings. The maximum atomic E-state index is 12.6. The van der Waals surface area contributed by atoms with Gasteiger partial charge in [0, 0.05) is 42.2 Å². The van der Waals surface area contributed by atoms with E-state index in [1.807, 2.05) is 40.7 Å². The molecule has 0 aliphatic carbocycles. The van der Waals surface area contributed by atoms with Crippen LogP contribution >= 0.6 is 34.4 Å². The van der Waals surface area contributed by atoms with Gasteiger partial charge in [-0.1, -0.05) is 18.2 Å². The first kappa shape index (κ1) is 19.6. The fraction of sp³-hybridized carbons (Fsp3) is 0.333. The van der Waals surface area contributed by atoms with Crippen LogP contribution in [0.3, 0.4) is 0 Å². The molecule has 146 valence electrons. The van der Waals surface area contributed by atoms with Gasteiger partial charge in [-0.05, 0) is 35.6 Å². The number of anilines is 1. The van der Waals surface area contributed by atoms with Gasteiger partial charge in [0.2, 0.25) is 5.91 Å². The van der Waals surface area contributed by atoms with Gasteiger partial charge >= 0.3 is 0 Å². The zero-order chi connectivity index (χ0) is 19.3. The van der Waals surface area contributed by atoms with Crippen molar-refractivity contribution >= 4 is 46.0 Å². The van der Waals surface area contributed by atoms with Gasteiger partial charge in [-0.25, -0.2) is 4.98 Å². The second kappa shape index (κ2) is 9.22. The van der Waals surface area contributed by atoms with Crippen LogP contribution in [0.25, 0.3) is 9.88 Å². The molecule has 0 unspecified atom stereocenters. The van der Waals surface area contributed by atoms with Gasteiger partial charge in [0.05, 0.1) is 17.0 Å². The van der Waals surface area contributed by atoms with E-state index in [2.05, 4.69) is 34.3 Å². The molecule has 0 bridgehead atoms. The molecule has 1 fully saturated rings. The van der Waals surface area contributed by atoms with Crippen LogP contribution in [0.5, 0.6) is 0 Å². The molecule has 0 spiro atoms. The first-order valence-electron chi connectivity index (χ1n) is 9.36. The molecule has 0 atom stereocenters. The summed E-state index contributed by atoms with van der Waals surface area (Å²) in [5.74, 6) is 2.39. The summed E-state index contributed by atoms with van der Waals surface area (Å²) in [4.78, 5) is 20.8. The van der Waals surface area contributed by atoms with Crippen LogP contribution in [-0.2, 0) is 17.8 Å². The quantitative estimate of drug-likeness (QED) is 0.605. The van der Waals surface area contributed by atoms with E-state index in [0.717, 1.165) is 46.5 Å². The lowest BCUT2D eigenvalue weighted by atomic mass is 10.1. The van der Waals surface area contributed by atoms with E-state index in [9.17, 15) is 4.79 Å². The summed E-state index contributed by atoms with van der Waals surface area (Å²) in [6, 6.07) is 10.3. The molecule has 2 aromatic heterocycles. The smallest absolute Gasteiger partial charge is 0.230 e. The number of amides is 1. The van der Waals surface area contributed by atoms with Crippen LogP contribution < -0.4 is 5.32 Å². The molecule has 1 amide bonds. The van der Waals surface area contributed by atoms with Crippen molar-refractivity contribution in [3.8, 4) is 9.88 Å². The highest BCUT2D eigenvalue weighted by Crippen LogP contribution is 2.28. The second-order valence-electron chi connectivity index (χ2n) is 6.82. The van der Waals surface area contributed by atoms with Gasteiger partial charge in [-0.3, -0.25) is 9.69 Å². The highest BCUT2D eigenvalue weighted by atomic mass is 32.2. The van der Waals surface area contributed by atoms with Crippen molar-refractivity contribution in [1.82, 2.24) is 9.88 Å². The van der Waals surface area contributed by atoms with Gasteiger partial charge in [0.1, 0.15) is 5.01 Å². The lowest BCUT2D eigenvalue weighted by molar-refractivity contribution is -0.115. The number of thiazole rings is 1. The molecule has 0 saturated carbocycles. The third-order valence-corrected chi connectivity index (χ3v) is 7.72. The van der Waals surface area contributed by atoms with E-state index in [-0.39, 0.29) is 5.91 Å². The molecule has 4 nitrogen and oxygen atoms in total. The Balaban J connectivity index is 1.39.